The molecule has 1 aliphatic rings. The van der Waals surface area contributed by atoms with Crippen LogP contribution in [0, 0.1) is 13.8 Å². The second kappa shape index (κ2) is 8.45. The van der Waals surface area contributed by atoms with Crippen molar-refractivity contribution in [3.63, 3.8) is 0 Å². The Morgan fingerprint density at radius 3 is 2.52 bits per heavy atom. The van der Waals surface area contributed by atoms with Crippen molar-refractivity contribution < 1.29 is 4.79 Å². The van der Waals surface area contributed by atoms with Crippen molar-refractivity contribution >= 4 is 23.4 Å². The van der Waals surface area contributed by atoms with Crippen LogP contribution >= 0.6 is 11.8 Å². The Morgan fingerprint density at radius 2 is 1.86 bits per heavy atom. The molecule has 0 radical (unpaired) electrons. The summed E-state index contributed by atoms with van der Waals surface area (Å²) in [5.74, 6) is -0.0473. The normalized spacial score (nSPS) is 14.9. The quantitative estimate of drug-likeness (QED) is 0.633. The van der Waals surface area contributed by atoms with Gasteiger partial charge >= 0.3 is 0 Å². The molecule has 152 valence electrons. The van der Waals surface area contributed by atoms with Crippen molar-refractivity contribution in [2.75, 3.05) is 5.32 Å². The highest BCUT2D eigenvalue weighted by Gasteiger charge is 2.22. The Balaban J connectivity index is 1.46. The summed E-state index contributed by atoms with van der Waals surface area (Å²) in [6.07, 6.45) is 7.99. The first-order valence-corrected chi connectivity index (χ1v) is 11.0. The second-order valence-corrected chi connectivity index (χ2v) is 8.79. The van der Waals surface area contributed by atoms with E-state index in [1.165, 1.54) is 37.8 Å². The van der Waals surface area contributed by atoms with Crippen LogP contribution in [-0.4, -0.2) is 25.2 Å². The van der Waals surface area contributed by atoms with Crippen LogP contribution in [0.1, 0.15) is 59.9 Å². The van der Waals surface area contributed by atoms with Crippen molar-refractivity contribution in [3.8, 4) is 0 Å². The van der Waals surface area contributed by atoms with Gasteiger partial charge in [-0.3, -0.25) is 4.79 Å². The maximum Gasteiger partial charge on any atom is 0.257 e. The average molecular weight is 410 g/mol. The van der Waals surface area contributed by atoms with E-state index in [9.17, 15) is 4.79 Å². The molecule has 1 fully saturated rings. The van der Waals surface area contributed by atoms with E-state index >= 15 is 0 Å². The Bertz CT molecular complexity index is 999. The van der Waals surface area contributed by atoms with Gasteiger partial charge in [-0.1, -0.05) is 19.3 Å². The third-order valence-electron chi connectivity index (χ3n) is 5.66. The summed E-state index contributed by atoms with van der Waals surface area (Å²) < 4.78 is 4.25. The summed E-state index contributed by atoms with van der Waals surface area (Å²) in [6, 6.07) is 10.4. The first-order valence-electron chi connectivity index (χ1n) is 10.1. The fourth-order valence-corrected chi connectivity index (χ4v) is 4.95. The van der Waals surface area contributed by atoms with E-state index < -0.39 is 0 Å². The maximum absolute atomic E-state index is 12.9. The molecule has 29 heavy (non-hydrogen) atoms. The van der Waals surface area contributed by atoms with E-state index in [-0.39, 0.29) is 5.91 Å². The molecule has 6 nitrogen and oxygen atoms in total. The SMILES string of the molecule is Cc1cc(C(=O)Nc2ccc(Sc3nncn3C)cc2)c(C)n1C1CCCCC1. The third-order valence-corrected chi connectivity index (χ3v) is 6.72. The van der Waals surface area contributed by atoms with Crippen LogP contribution in [0.2, 0.25) is 0 Å². The number of carbonyl (C=O) groups is 1. The van der Waals surface area contributed by atoms with E-state index in [2.05, 4.69) is 33.9 Å². The number of hydrogen-bond acceptors (Lipinski definition) is 4. The van der Waals surface area contributed by atoms with Gasteiger partial charge in [-0.05, 0) is 68.8 Å². The van der Waals surface area contributed by atoms with Gasteiger partial charge in [0.05, 0.1) is 5.56 Å². The lowest BCUT2D eigenvalue weighted by Gasteiger charge is -2.26. The molecule has 0 aliphatic heterocycles. The highest BCUT2D eigenvalue weighted by atomic mass is 32.2. The maximum atomic E-state index is 12.9. The largest absolute Gasteiger partial charge is 0.345 e. The molecule has 4 rings (SSSR count). The van der Waals surface area contributed by atoms with Crippen molar-refractivity contribution in [2.24, 2.45) is 7.05 Å². The van der Waals surface area contributed by atoms with E-state index in [4.69, 9.17) is 0 Å². The average Bonchev–Trinajstić information content (AvgIpc) is 3.26. The molecule has 0 unspecified atom stereocenters. The predicted molar refractivity (Wildman–Crippen MR) is 116 cm³/mol. The number of aryl methyl sites for hydroxylation is 2. The topological polar surface area (TPSA) is 64.7 Å². The first kappa shape index (κ1) is 19.8. The molecule has 1 N–H and O–H groups in total. The molecular formula is C22H27N5OS. The fraction of sp³-hybridized carbons (Fsp3) is 0.409. The van der Waals surface area contributed by atoms with Gasteiger partial charge in [0.25, 0.3) is 5.91 Å². The molecular weight excluding hydrogens is 382 g/mol. The molecule has 0 saturated heterocycles. The summed E-state index contributed by atoms with van der Waals surface area (Å²) >= 11 is 1.54. The number of hydrogen-bond donors (Lipinski definition) is 1. The number of anilines is 1. The van der Waals surface area contributed by atoms with Crippen LogP contribution in [0.3, 0.4) is 0 Å². The summed E-state index contributed by atoms with van der Waals surface area (Å²) in [4.78, 5) is 14.0. The van der Waals surface area contributed by atoms with Crippen molar-refractivity contribution in [3.05, 3.63) is 53.6 Å². The van der Waals surface area contributed by atoms with Gasteiger partial charge in [-0.15, -0.1) is 10.2 Å². The Labute approximate surface area is 175 Å². The summed E-state index contributed by atoms with van der Waals surface area (Å²) in [7, 11) is 1.92. The van der Waals surface area contributed by atoms with Crippen LogP contribution < -0.4 is 5.32 Å². The molecule has 0 atom stereocenters. The fourth-order valence-electron chi connectivity index (χ4n) is 4.18. The van der Waals surface area contributed by atoms with Gasteiger partial charge < -0.3 is 14.5 Å². The Kier molecular flexibility index (Phi) is 5.76. The zero-order valence-electron chi connectivity index (χ0n) is 17.2. The van der Waals surface area contributed by atoms with Crippen molar-refractivity contribution in [1.29, 1.82) is 0 Å². The second-order valence-electron chi connectivity index (χ2n) is 7.75. The third kappa shape index (κ3) is 4.24. The number of amides is 1. The Morgan fingerprint density at radius 1 is 1.14 bits per heavy atom. The molecule has 7 heteroatoms. The van der Waals surface area contributed by atoms with E-state index in [0.29, 0.717) is 6.04 Å². The molecule has 0 bridgehead atoms. The molecule has 3 aromatic rings. The van der Waals surface area contributed by atoms with Crippen molar-refractivity contribution in [2.45, 2.75) is 62.0 Å². The lowest BCUT2D eigenvalue weighted by Crippen LogP contribution is -2.17. The zero-order valence-corrected chi connectivity index (χ0v) is 18.0. The van der Waals surface area contributed by atoms with Gasteiger partial charge in [0, 0.05) is 35.1 Å². The number of benzene rings is 1. The summed E-state index contributed by atoms with van der Waals surface area (Å²) in [5.41, 5.74) is 3.81. The van der Waals surface area contributed by atoms with Gasteiger partial charge in [-0.2, -0.15) is 0 Å². The number of nitrogens with zero attached hydrogens (tertiary/aromatic N) is 4. The number of rotatable bonds is 5. The lowest BCUT2D eigenvalue weighted by molar-refractivity contribution is 0.102. The molecule has 1 aromatic carbocycles. The van der Waals surface area contributed by atoms with Crippen LogP contribution in [0.25, 0.3) is 0 Å². The lowest BCUT2D eigenvalue weighted by atomic mass is 9.95. The van der Waals surface area contributed by atoms with Crippen LogP contribution in [0.5, 0.6) is 0 Å². The minimum absolute atomic E-state index is 0.0473. The number of carbonyl (C=O) groups excluding carboxylic acids is 1. The smallest absolute Gasteiger partial charge is 0.257 e. The van der Waals surface area contributed by atoms with Crippen LogP contribution in [0.4, 0.5) is 5.69 Å². The van der Waals surface area contributed by atoms with Gasteiger partial charge in [0.15, 0.2) is 5.16 Å². The molecule has 0 spiro atoms. The monoisotopic (exact) mass is 409 g/mol. The van der Waals surface area contributed by atoms with Crippen LogP contribution in [0.15, 0.2) is 46.7 Å². The highest BCUT2D eigenvalue weighted by Crippen LogP contribution is 2.32. The van der Waals surface area contributed by atoms with E-state index in [0.717, 1.165) is 27.0 Å². The van der Waals surface area contributed by atoms with Gasteiger partial charge in [0.1, 0.15) is 6.33 Å². The minimum atomic E-state index is -0.0473. The highest BCUT2D eigenvalue weighted by molar-refractivity contribution is 7.99. The van der Waals surface area contributed by atoms with Crippen molar-refractivity contribution in [1.82, 2.24) is 19.3 Å². The van der Waals surface area contributed by atoms with E-state index in [1.807, 2.05) is 41.9 Å². The first-order chi connectivity index (χ1) is 14.0. The predicted octanol–water partition coefficient (Wildman–Crippen LogP) is 5.14. The summed E-state index contributed by atoms with van der Waals surface area (Å²) in [6.45, 7) is 4.17. The molecule has 1 aliphatic carbocycles. The molecule has 2 aromatic heterocycles. The molecule has 2 heterocycles. The number of nitrogens with one attached hydrogen (secondary N) is 1. The summed E-state index contributed by atoms with van der Waals surface area (Å²) in [5, 5.41) is 11.9. The molecule has 1 saturated carbocycles. The standard InChI is InChI=1S/C22H27N5OS/c1-15-13-20(16(2)27(15)18-7-5-4-6-8-18)21(28)24-17-9-11-19(12-10-17)29-22-25-23-14-26(22)3/h9-14,18H,4-8H2,1-3H3,(H,24,28). The minimum Gasteiger partial charge on any atom is -0.345 e. The van der Waals surface area contributed by atoms with E-state index in [1.54, 1.807) is 18.1 Å². The van der Waals surface area contributed by atoms with Crippen LogP contribution in [-0.2, 0) is 7.05 Å². The molecule has 1 amide bonds. The zero-order chi connectivity index (χ0) is 20.4. The van der Waals surface area contributed by atoms with Gasteiger partial charge in [0.2, 0.25) is 0 Å². The number of aromatic nitrogens is 4. The Hall–Kier alpha value is -2.54. The van der Waals surface area contributed by atoms with Gasteiger partial charge in [-0.25, -0.2) is 0 Å².